The Bertz CT molecular complexity index is 502. The Morgan fingerprint density at radius 3 is 2.78 bits per heavy atom. The third-order valence-corrected chi connectivity index (χ3v) is 4.12. The van der Waals surface area contributed by atoms with Gasteiger partial charge in [-0.05, 0) is 37.3 Å². The van der Waals surface area contributed by atoms with Crippen molar-refractivity contribution in [3.05, 3.63) is 24.2 Å². The van der Waals surface area contributed by atoms with Crippen molar-refractivity contribution in [3.8, 4) is 0 Å². The summed E-state index contributed by atoms with van der Waals surface area (Å²) >= 11 is 0. The Balaban J connectivity index is 2.04. The van der Waals surface area contributed by atoms with Gasteiger partial charge in [-0.15, -0.1) is 0 Å². The van der Waals surface area contributed by atoms with Crippen molar-refractivity contribution >= 4 is 11.2 Å². The monoisotopic (exact) mass is 243 g/mol. The summed E-state index contributed by atoms with van der Waals surface area (Å²) in [4.78, 5) is 12.6. The van der Waals surface area contributed by atoms with Crippen LogP contribution in [0.15, 0.2) is 18.3 Å². The maximum atomic E-state index is 4.75. The lowest BCUT2D eigenvalue weighted by Gasteiger charge is -2.28. The van der Waals surface area contributed by atoms with Crippen molar-refractivity contribution in [2.45, 2.75) is 51.4 Å². The van der Waals surface area contributed by atoms with E-state index in [1.54, 1.807) is 0 Å². The number of aromatic amines is 1. The fraction of sp³-hybridized carbons (Fsp3) is 0.600. The maximum Gasteiger partial charge on any atom is 0.177 e. The second-order valence-corrected chi connectivity index (χ2v) is 6.05. The quantitative estimate of drug-likeness (QED) is 0.890. The smallest absolute Gasteiger partial charge is 0.177 e. The van der Waals surface area contributed by atoms with Gasteiger partial charge < -0.3 is 4.98 Å². The lowest BCUT2D eigenvalue weighted by Crippen LogP contribution is -2.25. The standard InChI is InChI=1S/C15H21N3/c1-11(2)10-15(7-3-4-8-15)14-17-12-6-5-9-16-13(12)18-14/h5-6,9,11H,3-4,7-8,10H2,1-2H3,(H,16,17,18). The van der Waals surface area contributed by atoms with Crippen LogP contribution in [0.2, 0.25) is 0 Å². The lowest BCUT2D eigenvalue weighted by molar-refractivity contribution is 0.332. The highest BCUT2D eigenvalue weighted by molar-refractivity contribution is 5.70. The van der Waals surface area contributed by atoms with Crippen molar-refractivity contribution in [2.75, 3.05) is 0 Å². The summed E-state index contributed by atoms with van der Waals surface area (Å²) in [5, 5.41) is 0. The van der Waals surface area contributed by atoms with Gasteiger partial charge in [0.15, 0.2) is 5.65 Å². The summed E-state index contributed by atoms with van der Waals surface area (Å²) in [6, 6.07) is 4.03. The van der Waals surface area contributed by atoms with Crippen molar-refractivity contribution in [1.82, 2.24) is 15.0 Å². The highest BCUT2D eigenvalue weighted by atomic mass is 15.0. The van der Waals surface area contributed by atoms with Gasteiger partial charge in [0.1, 0.15) is 5.82 Å². The summed E-state index contributed by atoms with van der Waals surface area (Å²) in [6.07, 6.45) is 8.24. The first-order chi connectivity index (χ1) is 8.70. The number of hydrogen-bond donors (Lipinski definition) is 1. The van der Waals surface area contributed by atoms with Gasteiger partial charge in [0.2, 0.25) is 0 Å². The fourth-order valence-corrected chi connectivity index (χ4v) is 3.47. The number of rotatable bonds is 3. The molecule has 0 saturated heterocycles. The van der Waals surface area contributed by atoms with Gasteiger partial charge in [0.25, 0.3) is 0 Å². The molecule has 0 aromatic carbocycles. The van der Waals surface area contributed by atoms with E-state index in [1.807, 2.05) is 12.3 Å². The summed E-state index contributed by atoms with van der Waals surface area (Å²) in [6.45, 7) is 4.61. The van der Waals surface area contributed by atoms with Crippen LogP contribution in [0.4, 0.5) is 0 Å². The zero-order valence-electron chi connectivity index (χ0n) is 11.2. The first-order valence-corrected chi connectivity index (χ1v) is 7.01. The van der Waals surface area contributed by atoms with E-state index in [0.717, 1.165) is 11.2 Å². The van der Waals surface area contributed by atoms with Crippen molar-refractivity contribution in [2.24, 2.45) is 5.92 Å². The van der Waals surface area contributed by atoms with Gasteiger partial charge in [-0.1, -0.05) is 26.7 Å². The Labute approximate surface area is 108 Å². The molecule has 18 heavy (non-hydrogen) atoms. The average molecular weight is 243 g/mol. The minimum atomic E-state index is 0.273. The third-order valence-electron chi connectivity index (χ3n) is 4.12. The van der Waals surface area contributed by atoms with Crippen LogP contribution in [0, 0.1) is 5.92 Å². The molecular formula is C15H21N3. The molecule has 1 aliphatic rings. The Hall–Kier alpha value is -1.38. The fourth-order valence-electron chi connectivity index (χ4n) is 3.47. The molecule has 1 aliphatic carbocycles. The number of H-pyrrole nitrogens is 1. The first kappa shape index (κ1) is 11.7. The van der Waals surface area contributed by atoms with Gasteiger partial charge >= 0.3 is 0 Å². The van der Waals surface area contributed by atoms with Crippen molar-refractivity contribution in [3.63, 3.8) is 0 Å². The number of nitrogens with zero attached hydrogens (tertiary/aromatic N) is 2. The highest BCUT2D eigenvalue weighted by Crippen LogP contribution is 2.44. The van der Waals surface area contributed by atoms with Crippen LogP contribution in [0.1, 0.15) is 51.8 Å². The van der Waals surface area contributed by atoms with Gasteiger partial charge in [-0.2, -0.15) is 0 Å². The van der Waals surface area contributed by atoms with Crippen LogP contribution in [0.25, 0.3) is 11.2 Å². The predicted molar refractivity (Wildman–Crippen MR) is 73.5 cm³/mol. The number of imidazole rings is 1. The number of fused-ring (bicyclic) bond motifs is 1. The maximum absolute atomic E-state index is 4.75. The molecule has 3 heteroatoms. The normalized spacial score (nSPS) is 18.8. The molecular weight excluding hydrogens is 222 g/mol. The van der Waals surface area contributed by atoms with Crippen LogP contribution in [-0.4, -0.2) is 15.0 Å². The molecule has 2 aromatic heterocycles. The van der Waals surface area contributed by atoms with E-state index in [2.05, 4.69) is 29.9 Å². The van der Waals surface area contributed by atoms with Crippen LogP contribution >= 0.6 is 0 Å². The molecule has 1 fully saturated rings. The molecule has 0 aliphatic heterocycles. The molecule has 3 nitrogen and oxygen atoms in total. The first-order valence-electron chi connectivity index (χ1n) is 7.01. The minimum Gasteiger partial charge on any atom is -0.340 e. The zero-order valence-corrected chi connectivity index (χ0v) is 11.2. The van der Waals surface area contributed by atoms with Gasteiger partial charge in [-0.3, -0.25) is 0 Å². The molecule has 0 spiro atoms. The molecule has 0 unspecified atom stereocenters. The van der Waals surface area contributed by atoms with E-state index in [9.17, 15) is 0 Å². The molecule has 0 bridgehead atoms. The average Bonchev–Trinajstić information content (AvgIpc) is 2.94. The van der Waals surface area contributed by atoms with Crippen LogP contribution in [-0.2, 0) is 5.41 Å². The van der Waals surface area contributed by atoms with E-state index in [4.69, 9.17) is 4.98 Å². The number of nitrogens with one attached hydrogen (secondary N) is 1. The molecule has 96 valence electrons. The molecule has 0 amide bonds. The highest BCUT2D eigenvalue weighted by Gasteiger charge is 2.38. The molecule has 2 aromatic rings. The Morgan fingerprint density at radius 1 is 1.33 bits per heavy atom. The second kappa shape index (κ2) is 4.38. The minimum absolute atomic E-state index is 0.273. The zero-order chi connectivity index (χ0) is 12.6. The summed E-state index contributed by atoms with van der Waals surface area (Å²) in [5.74, 6) is 1.88. The summed E-state index contributed by atoms with van der Waals surface area (Å²) in [5.41, 5.74) is 2.21. The summed E-state index contributed by atoms with van der Waals surface area (Å²) in [7, 11) is 0. The SMILES string of the molecule is CC(C)CC1(c2nc3ncccc3[nH]2)CCCC1. The molecule has 1 saturated carbocycles. The summed E-state index contributed by atoms with van der Waals surface area (Å²) < 4.78 is 0. The molecule has 1 N–H and O–H groups in total. The van der Waals surface area contributed by atoms with E-state index in [1.165, 1.54) is 37.9 Å². The number of hydrogen-bond acceptors (Lipinski definition) is 2. The largest absolute Gasteiger partial charge is 0.340 e. The Morgan fingerprint density at radius 2 is 2.11 bits per heavy atom. The van der Waals surface area contributed by atoms with E-state index in [-0.39, 0.29) is 5.41 Å². The number of pyridine rings is 1. The second-order valence-electron chi connectivity index (χ2n) is 6.05. The van der Waals surface area contributed by atoms with Crippen LogP contribution < -0.4 is 0 Å². The van der Waals surface area contributed by atoms with Gasteiger partial charge in [0, 0.05) is 11.6 Å². The predicted octanol–water partition coefficient (Wildman–Crippen LogP) is 3.82. The van der Waals surface area contributed by atoms with E-state index >= 15 is 0 Å². The third kappa shape index (κ3) is 1.92. The lowest BCUT2D eigenvalue weighted by atomic mass is 9.78. The molecule has 3 rings (SSSR count). The van der Waals surface area contributed by atoms with Gasteiger partial charge in [0.05, 0.1) is 5.52 Å². The van der Waals surface area contributed by atoms with Gasteiger partial charge in [-0.25, -0.2) is 9.97 Å². The van der Waals surface area contributed by atoms with Crippen LogP contribution in [0.3, 0.4) is 0 Å². The van der Waals surface area contributed by atoms with Crippen LogP contribution in [0.5, 0.6) is 0 Å². The number of aromatic nitrogens is 3. The van der Waals surface area contributed by atoms with E-state index in [0.29, 0.717) is 5.92 Å². The van der Waals surface area contributed by atoms with E-state index < -0.39 is 0 Å². The molecule has 0 atom stereocenters. The molecule has 2 heterocycles. The van der Waals surface area contributed by atoms with Crippen molar-refractivity contribution in [1.29, 1.82) is 0 Å². The van der Waals surface area contributed by atoms with Crippen molar-refractivity contribution < 1.29 is 0 Å². The topological polar surface area (TPSA) is 41.6 Å². The Kier molecular flexibility index (Phi) is 2.84. The molecule has 0 radical (unpaired) electrons.